The molecule has 92 valence electrons. The molecule has 1 aromatic rings. The highest BCUT2D eigenvalue weighted by molar-refractivity contribution is 5.96. The molecule has 1 aromatic carbocycles. The summed E-state index contributed by atoms with van der Waals surface area (Å²) in [7, 11) is 0. The van der Waals surface area contributed by atoms with E-state index in [0.717, 1.165) is 25.1 Å². The van der Waals surface area contributed by atoms with E-state index in [1.165, 1.54) is 0 Å². The van der Waals surface area contributed by atoms with Crippen LogP contribution in [0.2, 0.25) is 0 Å². The average molecular weight is 246 g/mol. The first kappa shape index (κ1) is 13.2. The normalized spacial score (nSPS) is 11.3. The zero-order valence-electron chi connectivity index (χ0n) is 8.84. The van der Waals surface area contributed by atoms with Crippen molar-refractivity contribution in [3.8, 4) is 0 Å². The topological polar surface area (TPSA) is 54.4 Å². The van der Waals surface area contributed by atoms with Gasteiger partial charge in [0.1, 0.15) is 0 Å². The predicted octanol–water partition coefficient (Wildman–Crippen LogP) is 2.54. The molecule has 0 atom stereocenters. The van der Waals surface area contributed by atoms with Gasteiger partial charge < -0.3 is 5.11 Å². The van der Waals surface area contributed by atoms with Crippen molar-refractivity contribution in [3.05, 3.63) is 34.9 Å². The van der Waals surface area contributed by atoms with Gasteiger partial charge >= 0.3 is 12.1 Å². The van der Waals surface area contributed by atoms with Gasteiger partial charge in [0.25, 0.3) is 0 Å². The van der Waals surface area contributed by atoms with Crippen molar-refractivity contribution >= 4 is 11.8 Å². The van der Waals surface area contributed by atoms with Gasteiger partial charge in [-0.1, -0.05) is 6.07 Å². The van der Waals surface area contributed by atoms with Crippen LogP contribution in [0.3, 0.4) is 0 Å². The van der Waals surface area contributed by atoms with E-state index in [1.807, 2.05) is 0 Å². The molecule has 0 saturated carbocycles. The van der Waals surface area contributed by atoms with E-state index in [0.29, 0.717) is 0 Å². The highest BCUT2D eigenvalue weighted by Crippen LogP contribution is 2.32. The number of ketones is 1. The van der Waals surface area contributed by atoms with Gasteiger partial charge in [-0.15, -0.1) is 0 Å². The van der Waals surface area contributed by atoms with Crippen LogP contribution < -0.4 is 0 Å². The number of benzene rings is 1. The second kappa shape index (κ2) is 4.57. The van der Waals surface area contributed by atoms with Crippen molar-refractivity contribution in [2.75, 3.05) is 0 Å². The Balaban J connectivity index is 3.27. The minimum atomic E-state index is -4.62. The molecular formula is C11H9F3O3. The Morgan fingerprint density at radius 3 is 2.29 bits per heavy atom. The number of hydrogen-bond acceptors (Lipinski definition) is 2. The fourth-order valence-corrected chi connectivity index (χ4v) is 1.41. The molecule has 0 saturated heterocycles. The maximum absolute atomic E-state index is 12.5. The first-order chi connectivity index (χ1) is 7.71. The first-order valence-corrected chi connectivity index (χ1v) is 4.64. The summed E-state index contributed by atoms with van der Waals surface area (Å²) in [5, 5.41) is 8.52. The lowest BCUT2D eigenvalue weighted by Crippen LogP contribution is -2.13. The van der Waals surface area contributed by atoms with Crippen LogP contribution in [-0.2, 0) is 17.4 Å². The van der Waals surface area contributed by atoms with Crippen LogP contribution in [0.25, 0.3) is 0 Å². The Kier molecular flexibility index (Phi) is 3.55. The summed E-state index contributed by atoms with van der Waals surface area (Å²) in [6.07, 6.45) is -5.04. The largest absolute Gasteiger partial charge is 0.481 e. The summed E-state index contributed by atoms with van der Waals surface area (Å²) in [5.74, 6) is -1.91. The molecule has 0 spiro atoms. The van der Waals surface area contributed by atoms with Crippen LogP contribution in [0.5, 0.6) is 0 Å². The molecule has 6 heteroatoms. The molecule has 0 fully saturated rings. The van der Waals surface area contributed by atoms with Gasteiger partial charge in [-0.25, -0.2) is 0 Å². The van der Waals surface area contributed by atoms with Gasteiger partial charge in [0.05, 0.1) is 12.0 Å². The van der Waals surface area contributed by atoms with Gasteiger partial charge in [-0.05, 0) is 24.6 Å². The monoisotopic (exact) mass is 246 g/mol. The Bertz CT molecular complexity index is 464. The number of Topliss-reactive ketones (excluding diaryl/α,β-unsaturated/α-hetero) is 1. The lowest BCUT2D eigenvalue weighted by atomic mass is 9.99. The number of hydrogen-bond donors (Lipinski definition) is 1. The zero-order chi connectivity index (χ0) is 13.2. The van der Waals surface area contributed by atoms with Crippen LogP contribution in [0.4, 0.5) is 13.2 Å². The number of carboxylic acid groups (broad SMARTS) is 1. The summed E-state index contributed by atoms with van der Waals surface area (Å²) >= 11 is 0. The van der Waals surface area contributed by atoms with Gasteiger partial charge in [-0.2, -0.15) is 13.2 Å². The van der Waals surface area contributed by atoms with Crippen molar-refractivity contribution in [2.24, 2.45) is 0 Å². The molecule has 0 amide bonds. The van der Waals surface area contributed by atoms with Gasteiger partial charge in [0, 0.05) is 5.56 Å². The van der Waals surface area contributed by atoms with E-state index in [-0.39, 0.29) is 5.56 Å². The van der Waals surface area contributed by atoms with Crippen molar-refractivity contribution in [1.29, 1.82) is 0 Å². The minimum Gasteiger partial charge on any atom is -0.481 e. The number of alkyl halides is 3. The van der Waals surface area contributed by atoms with Gasteiger partial charge in [-0.3, -0.25) is 9.59 Å². The minimum absolute atomic E-state index is 0.163. The van der Waals surface area contributed by atoms with E-state index in [2.05, 4.69) is 0 Å². The number of rotatable bonds is 3. The number of carboxylic acids is 1. The second-order valence-corrected chi connectivity index (χ2v) is 3.50. The molecule has 0 unspecified atom stereocenters. The Morgan fingerprint density at radius 1 is 1.29 bits per heavy atom. The SMILES string of the molecule is CC(=O)c1cc(CC(=O)O)ccc1C(F)(F)F. The number of carbonyl (C=O) groups excluding carboxylic acids is 1. The lowest BCUT2D eigenvalue weighted by molar-refractivity contribution is -0.138. The third kappa shape index (κ3) is 3.30. The molecule has 1 N–H and O–H groups in total. The highest BCUT2D eigenvalue weighted by Gasteiger charge is 2.34. The highest BCUT2D eigenvalue weighted by atomic mass is 19.4. The molecule has 17 heavy (non-hydrogen) atoms. The van der Waals surface area contributed by atoms with Crippen LogP contribution in [0.15, 0.2) is 18.2 Å². The summed E-state index contributed by atoms with van der Waals surface area (Å²) in [5.41, 5.74) is -1.38. The molecule has 0 bridgehead atoms. The summed E-state index contributed by atoms with van der Waals surface area (Å²) in [6.45, 7) is 1.01. The van der Waals surface area contributed by atoms with Crippen LogP contribution in [0.1, 0.15) is 28.4 Å². The zero-order valence-corrected chi connectivity index (χ0v) is 8.84. The molecule has 0 aromatic heterocycles. The fraction of sp³-hybridized carbons (Fsp3) is 0.273. The molecule has 0 aliphatic rings. The summed E-state index contributed by atoms with van der Waals surface area (Å²) in [4.78, 5) is 21.5. The predicted molar refractivity (Wildman–Crippen MR) is 52.8 cm³/mol. The van der Waals surface area contributed by atoms with E-state index in [1.54, 1.807) is 0 Å². The lowest BCUT2D eigenvalue weighted by Gasteiger charge is -2.11. The standard InChI is InChI=1S/C11H9F3O3/c1-6(15)8-4-7(5-10(16)17)2-3-9(8)11(12,13)14/h2-4H,5H2,1H3,(H,16,17). The van der Waals surface area contributed by atoms with Gasteiger partial charge in [0.2, 0.25) is 0 Å². The Morgan fingerprint density at radius 2 is 1.88 bits per heavy atom. The third-order valence-corrected chi connectivity index (χ3v) is 2.12. The van der Waals surface area contributed by atoms with Gasteiger partial charge in [0.15, 0.2) is 5.78 Å². The maximum Gasteiger partial charge on any atom is 0.417 e. The van der Waals surface area contributed by atoms with Crippen molar-refractivity contribution in [1.82, 2.24) is 0 Å². The van der Waals surface area contributed by atoms with E-state index in [9.17, 15) is 22.8 Å². The Labute approximate surface area is 94.9 Å². The smallest absolute Gasteiger partial charge is 0.417 e. The molecule has 0 aliphatic heterocycles. The molecule has 0 heterocycles. The fourth-order valence-electron chi connectivity index (χ4n) is 1.41. The van der Waals surface area contributed by atoms with Crippen LogP contribution in [-0.4, -0.2) is 16.9 Å². The van der Waals surface area contributed by atoms with Crippen molar-refractivity contribution < 1.29 is 27.9 Å². The van der Waals surface area contributed by atoms with E-state index in [4.69, 9.17) is 5.11 Å². The van der Waals surface area contributed by atoms with Crippen molar-refractivity contribution in [2.45, 2.75) is 19.5 Å². The summed E-state index contributed by atoms with van der Waals surface area (Å²) in [6, 6.07) is 2.76. The molecule has 0 radical (unpaired) electrons. The van der Waals surface area contributed by atoms with Crippen LogP contribution in [0, 0.1) is 0 Å². The second-order valence-electron chi connectivity index (χ2n) is 3.50. The quantitative estimate of drug-likeness (QED) is 0.834. The molecule has 1 rings (SSSR count). The maximum atomic E-state index is 12.5. The number of carbonyl (C=O) groups is 2. The van der Waals surface area contributed by atoms with Crippen molar-refractivity contribution in [3.63, 3.8) is 0 Å². The summed E-state index contributed by atoms with van der Waals surface area (Å²) < 4.78 is 37.6. The van der Waals surface area contributed by atoms with E-state index >= 15 is 0 Å². The number of aliphatic carboxylic acids is 1. The Hall–Kier alpha value is -1.85. The van der Waals surface area contributed by atoms with E-state index < -0.39 is 35.5 Å². The number of halogens is 3. The third-order valence-electron chi connectivity index (χ3n) is 2.12. The molecular weight excluding hydrogens is 237 g/mol. The van der Waals surface area contributed by atoms with Crippen LogP contribution >= 0.6 is 0 Å². The first-order valence-electron chi connectivity index (χ1n) is 4.64. The average Bonchev–Trinajstić information content (AvgIpc) is 2.14. The molecule has 3 nitrogen and oxygen atoms in total. The molecule has 0 aliphatic carbocycles.